The number of aliphatic hydroxyl groups excluding tert-OH is 1. The van der Waals surface area contributed by atoms with Crippen LogP contribution in [0.4, 0.5) is 5.69 Å². The molecule has 1 aliphatic heterocycles. The predicted molar refractivity (Wildman–Crippen MR) is 168 cm³/mol. The molecule has 1 aromatic rings. The molecule has 1 heterocycles. The molecule has 4 aliphatic carbocycles. The minimum Gasteiger partial charge on any atom is -0.457 e. The Kier molecular flexibility index (Phi) is 8.06. The summed E-state index contributed by atoms with van der Waals surface area (Å²) in [5, 5.41) is 15.0. The number of carbonyl (C=O) groups is 1. The number of allylic oxidation sites excluding steroid dienone is 2. The zero-order valence-corrected chi connectivity index (χ0v) is 26.2. The van der Waals surface area contributed by atoms with Crippen LogP contribution >= 0.6 is 0 Å². The van der Waals surface area contributed by atoms with Gasteiger partial charge in [-0.2, -0.15) is 0 Å². The number of carbonyl (C=O) groups excluding carboxylic acids is 1. The Labute approximate surface area is 252 Å². The van der Waals surface area contributed by atoms with Gasteiger partial charge >= 0.3 is 0 Å². The van der Waals surface area contributed by atoms with E-state index < -0.39 is 0 Å². The van der Waals surface area contributed by atoms with Crippen molar-refractivity contribution >= 4 is 22.8 Å². The molecule has 7 atom stereocenters. The largest absolute Gasteiger partial charge is 0.457 e. The Hall–Kier alpha value is -2.60. The minimum absolute atomic E-state index is 0.0516. The Morgan fingerprint density at radius 2 is 1.98 bits per heavy atom. The Bertz CT molecular complexity index is 1280. The topological polar surface area (TPSA) is 71.4 Å². The van der Waals surface area contributed by atoms with Crippen LogP contribution in [0.1, 0.15) is 96.5 Å². The van der Waals surface area contributed by atoms with Crippen molar-refractivity contribution in [3.63, 3.8) is 0 Å². The first-order chi connectivity index (χ1) is 20.1. The van der Waals surface area contributed by atoms with Crippen molar-refractivity contribution in [2.45, 2.75) is 97.0 Å². The summed E-state index contributed by atoms with van der Waals surface area (Å²) in [5.41, 5.74) is 4.99. The highest BCUT2D eigenvalue weighted by atomic mass is 16.6. The maximum absolute atomic E-state index is 12.8. The molecule has 0 spiro atoms. The van der Waals surface area contributed by atoms with E-state index in [-0.39, 0.29) is 23.9 Å². The summed E-state index contributed by atoms with van der Waals surface area (Å²) in [4.78, 5) is 20.6. The maximum Gasteiger partial charge on any atom is 0.175 e. The highest BCUT2D eigenvalue weighted by Gasteiger charge is 2.59. The van der Waals surface area contributed by atoms with Crippen LogP contribution in [-0.4, -0.2) is 43.4 Å². The van der Waals surface area contributed by atoms with Gasteiger partial charge in [-0.3, -0.25) is 4.79 Å². The van der Waals surface area contributed by atoms with Crippen molar-refractivity contribution < 1.29 is 19.5 Å². The average molecular weight is 575 g/mol. The number of hydrogen-bond acceptors (Lipinski definition) is 6. The zero-order valence-electron chi connectivity index (χ0n) is 26.2. The second kappa shape index (κ2) is 11.5. The normalized spacial score (nSPS) is 36.2. The number of benzene rings is 1. The fourth-order valence-corrected chi connectivity index (χ4v) is 9.69. The molecule has 1 N–H and O–H groups in total. The maximum atomic E-state index is 12.8. The standard InChI is InChI=1S/C36H50N2O4/c1-23-19-24(29-12-10-26(38(4)5)21-33(29)42-23)7-6-8-28(40)22-41-37-34-14-13-31-30-11-9-25-20-27(39)15-17-35(25,2)32(30)16-18-36(31,34)3/h10,12,19,21,25,27,30-32,39H,1,6-9,11,13-18,20,22H2,2-5H3/b37-34-/t25-,27+,30-,31-,32-,35-,36-/m0/s1. The average Bonchev–Trinajstić information content (AvgIpc) is 3.29. The third kappa shape index (κ3) is 5.33. The quantitative estimate of drug-likeness (QED) is 0.325. The molecule has 4 fully saturated rings. The highest BCUT2D eigenvalue weighted by Crippen LogP contribution is 2.65. The summed E-state index contributed by atoms with van der Waals surface area (Å²) < 4.78 is 5.88. The first-order valence-corrected chi connectivity index (χ1v) is 16.4. The molecule has 228 valence electrons. The molecule has 6 heteroatoms. The fraction of sp³-hybridized carbons (Fsp3) is 0.667. The van der Waals surface area contributed by atoms with Gasteiger partial charge < -0.3 is 19.6 Å². The summed E-state index contributed by atoms with van der Waals surface area (Å²) >= 11 is 0. The van der Waals surface area contributed by atoms with Crippen LogP contribution in [0, 0.1) is 34.5 Å². The molecule has 4 saturated carbocycles. The number of anilines is 1. The lowest BCUT2D eigenvalue weighted by molar-refractivity contribution is -0.123. The number of hydrogen-bond donors (Lipinski definition) is 1. The number of rotatable bonds is 8. The molecule has 0 amide bonds. The zero-order chi connectivity index (χ0) is 29.6. The lowest BCUT2D eigenvalue weighted by atomic mass is 9.45. The van der Waals surface area contributed by atoms with Crippen molar-refractivity contribution in [1.29, 1.82) is 0 Å². The van der Waals surface area contributed by atoms with Gasteiger partial charge in [-0.25, -0.2) is 0 Å². The molecule has 0 aromatic heterocycles. The van der Waals surface area contributed by atoms with E-state index in [1.165, 1.54) is 44.2 Å². The SMILES string of the molecule is C=C1C=C(CCCC(=O)CO/N=C2/CC[C@H]3[C@@H]4CC[C@H]5C[C@H](O)CC[C@]5(C)[C@H]4CC[C@]23C)c2ccc(N(C)C)cc2O1. The number of fused-ring (bicyclic) bond motifs is 6. The summed E-state index contributed by atoms with van der Waals surface area (Å²) in [6.45, 7) is 9.02. The molecule has 42 heavy (non-hydrogen) atoms. The van der Waals surface area contributed by atoms with Crippen molar-refractivity contribution in [3.05, 3.63) is 42.2 Å². The van der Waals surface area contributed by atoms with E-state index in [0.29, 0.717) is 29.4 Å². The minimum atomic E-state index is -0.0918. The molecule has 0 saturated heterocycles. The molecule has 6 rings (SSSR count). The Morgan fingerprint density at radius 3 is 2.79 bits per heavy atom. The van der Waals surface area contributed by atoms with Gasteiger partial charge in [0.05, 0.1) is 11.8 Å². The number of nitrogens with zero attached hydrogens (tertiary/aromatic N) is 2. The summed E-state index contributed by atoms with van der Waals surface area (Å²) in [6, 6.07) is 6.23. The van der Waals surface area contributed by atoms with Gasteiger partial charge in [0.1, 0.15) is 11.5 Å². The van der Waals surface area contributed by atoms with Gasteiger partial charge in [-0.1, -0.05) is 25.6 Å². The van der Waals surface area contributed by atoms with E-state index in [9.17, 15) is 9.90 Å². The lowest BCUT2D eigenvalue weighted by Crippen LogP contribution is -2.54. The molecular weight excluding hydrogens is 524 g/mol. The second-order valence-corrected chi connectivity index (χ2v) is 14.6. The van der Waals surface area contributed by atoms with Crippen molar-refractivity contribution in [2.75, 3.05) is 25.6 Å². The van der Waals surface area contributed by atoms with E-state index in [1.54, 1.807) is 0 Å². The summed E-state index contributed by atoms with van der Waals surface area (Å²) in [6.07, 6.45) is 14.2. The lowest BCUT2D eigenvalue weighted by Gasteiger charge is -2.60. The highest BCUT2D eigenvalue weighted by molar-refractivity contribution is 5.92. The molecule has 0 bridgehead atoms. The van der Waals surface area contributed by atoms with Crippen molar-refractivity contribution in [1.82, 2.24) is 0 Å². The van der Waals surface area contributed by atoms with Gasteiger partial charge in [-0.15, -0.1) is 0 Å². The molecule has 1 aromatic carbocycles. The van der Waals surface area contributed by atoms with E-state index in [0.717, 1.165) is 66.5 Å². The van der Waals surface area contributed by atoms with Crippen LogP contribution in [0.15, 0.2) is 41.8 Å². The van der Waals surface area contributed by atoms with Crippen LogP contribution in [0.2, 0.25) is 0 Å². The molecule has 6 nitrogen and oxygen atoms in total. The first-order valence-electron chi connectivity index (χ1n) is 16.4. The van der Waals surface area contributed by atoms with E-state index in [1.807, 2.05) is 26.2 Å². The van der Waals surface area contributed by atoms with Gasteiger partial charge in [0.25, 0.3) is 0 Å². The fourth-order valence-electron chi connectivity index (χ4n) is 9.69. The smallest absolute Gasteiger partial charge is 0.175 e. The van der Waals surface area contributed by atoms with Crippen LogP contribution in [0.25, 0.3) is 5.57 Å². The van der Waals surface area contributed by atoms with Gasteiger partial charge in [0, 0.05) is 43.2 Å². The van der Waals surface area contributed by atoms with E-state index >= 15 is 0 Å². The molecule has 0 radical (unpaired) electrons. The third-order valence-corrected chi connectivity index (χ3v) is 12.1. The van der Waals surface area contributed by atoms with Crippen molar-refractivity contribution in [3.8, 4) is 5.75 Å². The van der Waals surface area contributed by atoms with Crippen LogP contribution < -0.4 is 9.64 Å². The predicted octanol–water partition coefficient (Wildman–Crippen LogP) is 7.56. The first kappa shape index (κ1) is 29.5. The number of Topliss-reactive ketones (excluding diaryl/α,β-unsaturated/α-hetero) is 1. The van der Waals surface area contributed by atoms with Crippen LogP contribution in [-0.2, 0) is 9.63 Å². The second-order valence-electron chi connectivity index (χ2n) is 14.6. The number of aliphatic hydroxyl groups is 1. The number of oxime groups is 1. The summed E-state index contributed by atoms with van der Waals surface area (Å²) in [7, 11) is 4.03. The van der Waals surface area contributed by atoms with Crippen molar-refractivity contribution in [2.24, 2.45) is 39.7 Å². The summed E-state index contributed by atoms with van der Waals surface area (Å²) in [5.74, 6) is 4.44. The monoisotopic (exact) mass is 574 g/mol. The van der Waals surface area contributed by atoms with Crippen LogP contribution in [0.3, 0.4) is 0 Å². The number of ketones is 1. The molecule has 5 aliphatic rings. The Balaban J connectivity index is 1.01. The molecule has 0 unspecified atom stereocenters. The van der Waals surface area contributed by atoms with Crippen LogP contribution in [0.5, 0.6) is 5.75 Å². The van der Waals surface area contributed by atoms with E-state index in [2.05, 4.69) is 42.6 Å². The van der Waals surface area contributed by atoms with Gasteiger partial charge in [0.15, 0.2) is 12.4 Å². The van der Waals surface area contributed by atoms with Gasteiger partial charge in [0.2, 0.25) is 0 Å². The van der Waals surface area contributed by atoms with E-state index in [4.69, 9.17) is 9.57 Å². The molecular formula is C36H50N2O4. The third-order valence-electron chi connectivity index (χ3n) is 12.1. The Morgan fingerprint density at radius 1 is 1.14 bits per heavy atom. The van der Waals surface area contributed by atoms with Gasteiger partial charge in [-0.05, 0) is 123 Å². The number of ether oxygens (including phenoxy) is 1.